The number of aliphatic carboxylic acids is 1. The van der Waals surface area contributed by atoms with E-state index in [1.54, 1.807) is 6.20 Å². The zero-order chi connectivity index (χ0) is 14.8. The highest BCUT2D eigenvalue weighted by Gasteiger charge is 2.31. The molecular formula is C16H19N3O2. The van der Waals surface area contributed by atoms with E-state index in [-0.39, 0.29) is 0 Å². The number of carbonyl (C=O) groups is 1. The Bertz CT molecular complexity index is 650. The van der Waals surface area contributed by atoms with Gasteiger partial charge in [-0.15, -0.1) is 0 Å². The zero-order valence-corrected chi connectivity index (χ0v) is 12.1. The molecule has 0 spiro atoms. The predicted octanol–water partition coefficient (Wildman–Crippen LogP) is 1.91. The molecule has 3 rings (SSSR count). The van der Waals surface area contributed by atoms with E-state index in [9.17, 15) is 9.90 Å². The molecule has 2 heterocycles. The molecule has 1 aromatic heterocycles. The zero-order valence-electron chi connectivity index (χ0n) is 12.1. The van der Waals surface area contributed by atoms with Gasteiger partial charge in [-0.1, -0.05) is 24.3 Å². The Morgan fingerprint density at radius 3 is 2.81 bits per heavy atom. The Hall–Kier alpha value is -2.14. The molecule has 5 nitrogen and oxygen atoms in total. The van der Waals surface area contributed by atoms with Gasteiger partial charge in [0.15, 0.2) is 0 Å². The first-order valence-electron chi connectivity index (χ1n) is 7.23. The van der Waals surface area contributed by atoms with Crippen molar-refractivity contribution in [1.29, 1.82) is 0 Å². The van der Waals surface area contributed by atoms with E-state index in [0.29, 0.717) is 19.5 Å². The van der Waals surface area contributed by atoms with Crippen LogP contribution in [0.3, 0.4) is 0 Å². The molecule has 2 aromatic rings. The van der Waals surface area contributed by atoms with E-state index in [1.165, 1.54) is 5.56 Å². The van der Waals surface area contributed by atoms with E-state index in [0.717, 1.165) is 17.8 Å². The Morgan fingerprint density at radius 2 is 2.10 bits per heavy atom. The molecule has 0 fully saturated rings. The highest BCUT2D eigenvalue weighted by molar-refractivity contribution is 5.74. The number of rotatable bonds is 4. The van der Waals surface area contributed by atoms with Gasteiger partial charge in [-0.05, 0) is 30.5 Å². The molecular weight excluding hydrogens is 266 g/mol. The van der Waals surface area contributed by atoms with Gasteiger partial charge in [0.2, 0.25) is 0 Å². The third kappa shape index (κ3) is 2.69. The number of hydrogen-bond donors (Lipinski definition) is 1. The number of hydrogen-bond acceptors (Lipinski definition) is 3. The Kier molecular flexibility index (Phi) is 3.75. The largest absolute Gasteiger partial charge is 0.480 e. The van der Waals surface area contributed by atoms with Crippen LogP contribution in [0.4, 0.5) is 0 Å². The maximum Gasteiger partial charge on any atom is 0.321 e. The minimum Gasteiger partial charge on any atom is -0.480 e. The van der Waals surface area contributed by atoms with Crippen molar-refractivity contribution in [2.24, 2.45) is 0 Å². The molecule has 1 unspecified atom stereocenters. The summed E-state index contributed by atoms with van der Waals surface area (Å²) in [6.45, 7) is 4.11. The van der Waals surface area contributed by atoms with Crippen LogP contribution in [0.15, 0.2) is 36.5 Å². The van der Waals surface area contributed by atoms with Crippen molar-refractivity contribution in [3.05, 3.63) is 53.3 Å². The number of carboxylic acids is 1. The summed E-state index contributed by atoms with van der Waals surface area (Å²) >= 11 is 0. The monoisotopic (exact) mass is 285 g/mol. The fraction of sp³-hybridized carbons (Fsp3) is 0.375. The van der Waals surface area contributed by atoms with Gasteiger partial charge < -0.3 is 5.11 Å². The van der Waals surface area contributed by atoms with Crippen LogP contribution < -0.4 is 0 Å². The molecule has 0 radical (unpaired) electrons. The van der Waals surface area contributed by atoms with Gasteiger partial charge in [0.05, 0.1) is 5.69 Å². The van der Waals surface area contributed by atoms with Crippen LogP contribution in [0.5, 0.6) is 0 Å². The van der Waals surface area contributed by atoms with Gasteiger partial charge in [0, 0.05) is 25.8 Å². The number of fused-ring (bicyclic) bond motifs is 1. The van der Waals surface area contributed by atoms with Crippen LogP contribution in [0.25, 0.3) is 0 Å². The minimum atomic E-state index is -0.757. The van der Waals surface area contributed by atoms with Gasteiger partial charge in [-0.25, -0.2) is 0 Å². The number of benzene rings is 1. The lowest BCUT2D eigenvalue weighted by atomic mass is 9.94. The summed E-state index contributed by atoms with van der Waals surface area (Å²) in [6.07, 6.45) is 2.33. The second-order valence-corrected chi connectivity index (χ2v) is 5.37. The van der Waals surface area contributed by atoms with Crippen molar-refractivity contribution >= 4 is 5.97 Å². The van der Waals surface area contributed by atoms with Crippen LogP contribution in [-0.4, -0.2) is 31.8 Å². The molecule has 1 N–H and O–H groups in total. The topological polar surface area (TPSA) is 58.4 Å². The normalized spacial score (nSPS) is 18.4. The molecule has 1 atom stereocenters. The highest BCUT2D eigenvalue weighted by Crippen LogP contribution is 2.25. The van der Waals surface area contributed by atoms with Crippen LogP contribution in [0.1, 0.15) is 23.7 Å². The average Bonchev–Trinajstić information content (AvgIpc) is 2.93. The van der Waals surface area contributed by atoms with Crippen molar-refractivity contribution in [3.8, 4) is 0 Å². The molecule has 1 aliphatic rings. The number of nitrogens with zero attached hydrogens (tertiary/aromatic N) is 3. The van der Waals surface area contributed by atoms with E-state index < -0.39 is 12.0 Å². The second-order valence-electron chi connectivity index (χ2n) is 5.37. The number of aromatic nitrogens is 2. The smallest absolute Gasteiger partial charge is 0.321 e. The average molecular weight is 285 g/mol. The molecule has 1 aliphatic heterocycles. The first kappa shape index (κ1) is 13.8. The van der Waals surface area contributed by atoms with Crippen LogP contribution in [0, 0.1) is 0 Å². The summed E-state index contributed by atoms with van der Waals surface area (Å²) in [6, 6.07) is 9.58. The second kappa shape index (κ2) is 5.69. The standard InChI is InChI=1S/C16H19N3O2/c1-2-19-14(7-8-17-19)11-18-10-13-6-4-3-5-12(13)9-15(18)16(20)21/h3-8,15H,2,9-11H2,1H3,(H,20,21). The molecule has 21 heavy (non-hydrogen) atoms. The molecule has 0 saturated carbocycles. The van der Waals surface area contributed by atoms with E-state index in [4.69, 9.17) is 0 Å². The van der Waals surface area contributed by atoms with Crippen molar-refractivity contribution in [2.45, 2.75) is 39.0 Å². The molecule has 0 bridgehead atoms. The minimum absolute atomic E-state index is 0.472. The molecule has 5 heteroatoms. The fourth-order valence-corrected chi connectivity index (χ4v) is 2.97. The summed E-state index contributed by atoms with van der Waals surface area (Å²) < 4.78 is 1.92. The predicted molar refractivity (Wildman–Crippen MR) is 78.7 cm³/mol. The van der Waals surface area contributed by atoms with E-state index in [1.807, 2.05) is 40.8 Å². The first-order chi connectivity index (χ1) is 10.2. The van der Waals surface area contributed by atoms with Crippen LogP contribution in [0.2, 0.25) is 0 Å². The van der Waals surface area contributed by atoms with Gasteiger partial charge in [-0.3, -0.25) is 14.4 Å². The first-order valence-corrected chi connectivity index (χ1v) is 7.23. The van der Waals surface area contributed by atoms with Gasteiger partial charge in [0.25, 0.3) is 0 Å². The van der Waals surface area contributed by atoms with Crippen LogP contribution >= 0.6 is 0 Å². The van der Waals surface area contributed by atoms with Crippen molar-refractivity contribution in [2.75, 3.05) is 0 Å². The lowest BCUT2D eigenvalue weighted by Crippen LogP contribution is -2.45. The summed E-state index contributed by atoms with van der Waals surface area (Å²) in [5.74, 6) is -0.757. The third-order valence-corrected chi connectivity index (χ3v) is 4.10. The maximum absolute atomic E-state index is 11.6. The molecule has 0 saturated heterocycles. The number of aryl methyl sites for hydroxylation is 1. The fourth-order valence-electron chi connectivity index (χ4n) is 2.97. The highest BCUT2D eigenvalue weighted by atomic mass is 16.4. The summed E-state index contributed by atoms with van der Waals surface area (Å²) in [7, 11) is 0. The van der Waals surface area contributed by atoms with E-state index >= 15 is 0 Å². The van der Waals surface area contributed by atoms with Crippen LogP contribution in [-0.2, 0) is 30.8 Å². The van der Waals surface area contributed by atoms with Crippen molar-refractivity contribution in [1.82, 2.24) is 14.7 Å². The Morgan fingerprint density at radius 1 is 1.33 bits per heavy atom. The summed E-state index contributed by atoms with van der Waals surface area (Å²) in [5, 5.41) is 13.8. The van der Waals surface area contributed by atoms with Crippen molar-refractivity contribution in [3.63, 3.8) is 0 Å². The van der Waals surface area contributed by atoms with Gasteiger partial charge >= 0.3 is 5.97 Å². The van der Waals surface area contributed by atoms with E-state index in [2.05, 4.69) is 11.2 Å². The Labute approximate surface area is 123 Å². The molecule has 1 aromatic carbocycles. The SMILES string of the molecule is CCn1nccc1CN1Cc2ccccc2CC1C(=O)O. The molecule has 110 valence electrons. The maximum atomic E-state index is 11.6. The van der Waals surface area contributed by atoms with Gasteiger partial charge in [0.1, 0.15) is 6.04 Å². The summed E-state index contributed by atoms with van der Waals surface area (Å²) in [4.78, 5) is 13.6. The number of carboxylic acid groups (broad SMARTS) is 1. The Balaban J connectivity index is 1.87. The lowest BCUT2D eigenvalue weighted by Gasteiger charge is -2.34. The third-order valence-electron chi connectivity index (χ3n) is 4.10. The van der Waals surface area contributed by atoms with Crippen molar-refractivity contribution < 1.29 is 9.90 Å². The summed E-state index contributed by atoms with van der Waals surface area (Å²) in [5.41, 5.74) is 3.42. The van der Waals surface area contributed by atoms with Gasteiger partial charge in [-0.2, -0.15) is 5.10 Å². The quantitative estimate of drug-likeness (QED) is 0.932. The lowest BCUT2D eigenvalue weighted by molar-refractivity contribution is -0.144. The molecule has 0 amide bonds. The molecule has 0 aliphatic carbocycles.